The van der Waals surface area contributed by atoms with E-state index in [0.717, 1.165) is 6.04 Å². The van der Waals surface area contributed by atoms with Crippen LogP contribution >= 0.6 is 0 Å². The van der Waals surface area contributed by atoms with Gasteiger partial charge in [-0.2, -0.15) is 0 Å². The molecule has 15 heavy (non-hydrogen) atoms. The summed E-state index contributed by atoms with van der Waals surface area (Å²) < 4.78 is 11.4. The first-order valence-corrected chi connectivity index (χ1v) is 8.58. The Bertz CT molecular complexity index is 136. The smallest absolute Gasteiger partial charge is 0.337 e. The maximum atomic E-state index is 5.69. The lowest BCUT2D eigenvalue weighted by Crippen LogP contribution is -2.39. The van der Waals surface area contributed by atoms with E-state index < -0.39 is 8.56 Å². The first-order valence-electron chi connectivity index (χ1n) is 6.35. The predicted octanol–water partition coefficient (Wildman–Crippen LogP) is 4.10. The highest BCUT2D eigenvalue weighted by Crippen LogP contribution is 2.23. The van der Waals surface area contributed by atoms with Crippen molar-refractivity contribution in [2.24, 2.45) is 0 Å². The van der Waals surface area contributed by atoms with Gasteiger partial charge in [-0.25, -0.2) is 0 Å². The van der Waals surface area contributed by atoms with Crippen LogP contribution in [0.4, 0.5) is 0 Å². The fourth-order valence-electron chi connectivity index (χ4n) is 1.88. The van der Waals surface area contributed by atoms with Gasteiger partial charge < -0.3 is 8.85 Å². The summed E-state index contributed by atoms with van der Waals surface area (Å²) in [6, 6.07) is 2.32. The molecule has 0 unspecified atom stereocenters. The van der Waals surface area contributed by atoms with Crippen molar-refractivity contribution in [1.82, 2.24) is 0 Å². The molecule has 2 nitrogen and oxygen atoms in total. The summed E-state index contributed by atoms with van der Waals surface area (Å²) in [6.07, 6.45) is 7.70. The fourth-order valence-corrected chi connectivity index (χ4v) is 4.80. The molecule has 0 aliphatic carbocycles. The van der Waals surface area contributed by atoms with Crippen LogP contribution in [0.25, 0.3) is 0 Å². The van der Waals surface area contributed by atoms with E-state index in [2.05, 4.69) is 13.8 Å². The van der Waals surface area contributed by atoms with Crippen molar-refractivity contribution < 1.29 is 8.85 Å². The largest absolute Gasteiger partial charge is 0.398 e. The average molecular weight is 232 g/mol. The van der Waals surface area contributed by atoms with Gasteiger partial charge in [-0.05, 0) is 12.1 Å². The molecular formula is C12H28O2Si. The lowest BCUT2D eigenvalue weighted by molar-refractivity contribution is 0.238. The Kier molecular flexibility index (Phi) is 9.45. The summed E-state index contributed by atoms with van der Waals surface area (Å²) >= 11 is 0. The van der Waals surface area contributed by atoms with E-state index in [-0.39, 0.29) is 0 Å². The van der Waals surface area contributed by atoms with Crippen molar-refractivity contribution in [3.63, 3.8) is 0 Å². The van der Waals surface area contributed by atoms with Gasteiger partial charge in [0.2, 0.25) is 0 Å². The molecule has 0 bridgehead atoms. The number of hydrogen-bond donors (Lipinski definition) is 0. The summed E-state index contributed by atoms with van der Waals surface area (Å²) in [4.78, 5) is 0. The Hall–Kier alpha value is 0.137. The first-order chi connectivity index (χ1) is 7.24. The van der Waals surface area contributed by atoms with Gasteiger partial charge in [-0.3, -0.25) is 0 Å². The summed E-state index contributed by atoms with van der Waals surface area (Å²) in [6.45, 7) is 4.47. The molecule has 0 heterocycles. The van der Waals surface area contributed by atoms with Crippen LogP contribution in [0.15, 0.2) is 0 Å². The van der Waals surface area contributed by atoms with E-state index in [0.29, 0.717) is 0 Å². The Labute approximate surface area is 96.6 Å². The van der Waals surface area contributed by atoms with E-state index in [1.165, 1.54) is 44.6 Å². The second kappa shape index (κ2) is 9.37. The minimum absolute atomic E-state index is 1.16. The molecule has 0 aliphatic rings. The maximum absolute atomic E-state index is 5.69. The van der Waals surface area contributed by atoms with E-state index in [4.69, 9.17) is 8.85 Å². The zero-order valence-corrected chi connectivity index (χ0v) is 12.0. The molecule has 92 valence electrons. The predicted molar refractivity (Wildman–Crippen MR) is 68.4 cm³/mol. The summed E-state index contributed by atoms with van der Waals surface area (Å²) in [5, 5.41) is 0. The fraction of sp³-hybridized carbons (Fsp3) is 1.00. The van der Waals surface area contributed by atoms with Crippen LogP contribution in [0, 0.1) is 0 Å². The van der Waals surface area contributed by atoms with Crippen molar-refractivity contribution in [2.75, 3.05) is 14.2 Å². The second-order valence-electron chi connectivity index (χ2n) is 4.23. The van der Waals surface area contributed by atoms with Gasteiger partial charge in [-0.15, -0.1) is 0 Å². The van der Waals surface area contributed by atoms with Crippen molar-refractivity contribution in [1.29, 1.82) is 0 Å². The normalized spacial score (nSPS) is 12.0. The molecule has 0 atom stereocenters. The molecule has 0 aromatic rings. The highest BCUT2D eigenvalue weighted by molar-refractivity contribution is 6.67. The van der Waals surface area contributed by atoms with Crippen molar-refractivity contribution in [2.45, 2.75) is 64.5 Å². The lowest BCUT2D eigenvalue weighted by Gasteiger charge is -2.27. The Morgan fingerprint density at radius 1 is 0.733 bits per heavy atom. The monoisotopic (exact) mass is 232 g/mol. The quantitative estimate of drug-likeness (QED) is 0.417. The zero-order chi connectivity index (χ0) is 11.6. The van der Waals surface area contributed by atoms with E-state index >= 15 is 0 Å². The molecule has 0 radical (unpaired) electrons. The topological polar surface area (TPSA) is 18.5 Å². The van der Waals surface area contributed by atoms with Crippen LogP contribution in [0.1, 0.15) is 52.4 Å². The van der Waals surface area contributed by atoms with Gasteiger partial charge in [0, 0.05) is 14.2 Å². The molecule has 0 aromatic carbocycles. The number of rotatable bonds is 10. The van der Waals surface area contributed by atoms with Gasteiger partial charge in [0.05, 0.1) is 0 Å². The number of hydrogen-bond acceptors (Lipinski definition) is 2. The van der Waals surface area contributed by atoms with Crippen LogP contribution in [0.2, 0.25) is 12.1 Å². The highest BCUT2D eigenvalue weighted by Gasteiger charge is 2.33. The minimum Gasteiger partial charge on any atom is -0.398 e. The Balaban J connectivity index is 3.88. The van der Waals surface area contributed by atoms with E-state index in [9.17, 15) is 0 Å². The third-order valence-corrected chi connectivity index (χ3v) is 6.79. The molecule has 0 saturated heterocycles. The van der Waals surface area contributed by atoms with Crippen LogP contribution < -0.4 is 0 Å². The number of unbranched alkanes of at least 4 members (excludes halogenated alkanes) is 4. The molecule has 0 N–H and O–H groups in total. The lowest BCUT2D eigenvalue weighted by atomic mass is 10.2. The summed E-state index contributed by atoms with van der Waals surface area (Å²) in [5.41, 5.74) is 0. The standard InChI is InChI=1S/C12H28O2Si/c1-5-7-9-10-12-15(13-3,14-4)11-8-6-2/h5-12H2,1-4H3. The first kappa shape index (κ1) is 15.1. The molecule has 0 fully saturated rings. The summed E-state index contributed by atoms with van der Waals surface area (Å²) in [5.74, 6) is 0. The Morgan fingerprint density at radius 3 is 1.73 bits per heavy atom. The van der Waals surface area contributed by atoms with Gasteiger partial charge in [0.1, 0.15) is 0 Å². The third-order valence-electron chi connectivity index (χ3n) is 3.07. The van der Waals surface area contributed by atoms with Crippen LogP contribution in [0.5, 0.6) is 0 Å². The SMILES string of the molecule is CCCCCC[Si](CCCC)(OC)OC. The van der Waals surface area contributed by atoms with Crippen molar-refractivity contribution >= 4 is 8.56 Å². The summed E-state index contributed by atoms with van der Waals surface area (Å²) in [7, 11) is 1.83. The molecule has 0 rings (SSSR count). The van der Waals surface area contributed by atoms with Crippen LogP contribution in [0.3, 0.4) is 0 Å². The minimum atomic E-state index is -1.81. The molecule has 3 heteroatoms. The molecule has 0 aromatic heterocycles. The van der Waals surface area contributed by atoms with Gasteiger partial charge in [0.25, 0.3) is 0 Å². The van der Waals surface area contributed by atoms with E-state index in [1.807, 2.05) is 14.2 Å². The van der Waals surface area contributed by atoms with Crippen molar-refractivity contribution in [3.8, 4) is 0 Å². The van der Waals surface area contributed by atoms with E-state index in [1.54, 1.807) is 0 Å². The molecule has 0 spiro atoms. The molecule has 0 aliphatic heterocycles. The molecular weight excluding hydrogens is 204 g/mol. The maximum Gasteiger partial charge on any atom is 0.337 e. The van der Waals surface area contributed by atoms with Gasteiger partial charge in [-0.1, -0.05) is 52.4 Å². The van der Waals surface area contributed by atoms with Crippen LogP contribution in [-0.4, -0.2) is 22.8 Å². The Morgan fingerprint density at radius 2 is 1.27 bits per heavy atom. The molecule has 0 amide bonds. The highest BCUT2D eigenvalue weighted by atomic mass is 28.4. The van der Waals surface area contributed by atoms with Gasteiger partial charge in [0.15, 0.2) is 0 Å². The molecule has 0 saturated carbocycles. The second-order valence-corrected chi connectivity index (χ2v) is 7.87. The van der Waals surface area contributed by atoms with Gasteiger partial charge >= 0.3 is 8.56 Å². The zero-order valence-electron chi connectivity index (χ0n) is 11.0. The average Bonchev–Trinajstić information content (AvgIpc) is 2.29. The van der Waals surface area contributed by atoms with Crippen LogP contribution in [-0.2, 0) is 8.85 Å². The third kappa shape index (κ3) is 6.33. The van der Waals surface area contributed by atoms with Crippen molar-refractivity contribution in [3.05, 3.63) is 0 Å².